The maximum absolute atomic E-state index is 13.5. The van der Waals surface area contributed by atoms with Crippen molar-refractivity contribution in [1.29, 1.82) is 0 Å². The second kappa shape index (κ2) is 4.63. The average Bonchev–Trinajstić information content (AvgIpc) is 2.61. The number of halogens is 1. The Morgan fingerprint density at radius 3 is 2.89 bits per heavy atom. The topological polar surface area (TPSA) is 111 Å². The van der Waals surface area contributed by atoms with Gasteiger partial charge in [0.05, 0.1) is 6.61 Å². The van der Waals surface area contributed by atoms with E-state index in [9.17, 15) is 14.3 Å². The van der Waals surface area contributed by atoms with Crippen molar-refractivity contribution in [3.05, 3.63) is 22.2 Å². The molecule has 0 spiro atoms. The minimum atomic E-state index is -1.76. The van der Waals surface area contributed by atoms with Gasteiger partial charge in [-0.25, -0.2) is 9.18 Å². The van der Waals surface area contributed by atoms with E-state index >= 15 is 0 Å². The Bertz CT molecular complexity index is 506. The molecule has 1 aliphatic heterocycles. The third-order valence-electron chi connectivity index (χ3n) is 2.92. The summed E-state index contributed by atoms with van der Waals surface area (Å²) in [6.07, 6.45) is -4.33. The van der Waals surface area contributed by atoms with Crippen LogP contribution in [0.4, 0.5) is 10.2 Å². The molecule has 7 nitrogen and oxygen atoms in total. The van der Waals surface area contributed by atoms with Gasteiger partial charge in [0.2, 0.25) is 0 Å². The van der Waals surface area contributed by atoms with Crippen LogP contribution >= 0.6 is 0 Å². The molecule has 2 rings (SSSR count). The first-order valence-corrected chi connectivity index (χ1v) is 5.39. The molecule has 1 saturated heterocycles. The van der Waals surface area contributed by atoms with Crippen molar-refractivity contribution in [1.82, 2.24) is 9.55 Å². The normalized spacial score (nSPS) is 31.8. The lowest BCUT2D eigenvalue weighted by molar-refractivity contribution is -0.0537. The fourth-order valence-electron chi connectivity index (χ4n) is 1.85. The van der Waals surface area contributed by atoms with Gasteiger partial charge < -0.3 is 20.7 Å². The third kappa shape index (κ3) is 1.98. The molecule has 0 amide bonds. The molecule has 18 heavy (non-hydrogen) atoms. The van der Waals surface area contributed by atoms with Gasteiger partial charge in [0.25, 0.3) is 0 Å². The van der Waals surface area contributed by atoms with Gasteiger partial charge in [-0.15, -0.1) is 0 Å². The van der Waals surface area contributed by atoms with Crippen LogP contribution in [-0.2, 0) is 4.74 Å². The number of nitrogens with zero attached hydrogens (tertiary/aromatic N) is 2. The van der Waals surface area contributed by atoms with Crippen LogP contribution in [0.25, 0.3) is 0 Å². The van der Waals surface area contributed by atoms with E-state index in [0.29, 0.717) is 5.56 Å². The van der Waals surface area contributed by atoms with E-state index in [-0.39, 0.29) is 5.82 Å². The molecule has 2 heterocycles. The van der Waals surface area contributed by atoms with Crippen molar-refractivity contribution in [3.8, 4) is 0 Å². The number of aliphatic hydroxyl groups is 2. The number of rotatable bonds is 2. The van der Waals surface area contributed by atoms with Crippen LogP contribution in [0.3, 0.4) is 0 Å². The van der Waals surface area contributed by atoms with Crippen molar-refractivity contribution in [2.45, 2.75) is 31.5 Å². The maximum Gasteiger partial charge on any atom is 0.351 e. The molecular formula is C10H14FN3O4. The number of nitrogen functional groups attached to an aromatic ring is 1. The summed E-state index contributed by atoms with van der Waals surface area (Å²) >= 11 is 0. The molecule has 0 aromatic carbocycles. The van der Waals surface area contributed by atoms with Crippen molar-refractivity contribution < 1.29 is 19.3 Å². The molecule has 0 radical (unpaired) electrons. The lowest BCUT2D eigenvalue weighted by atomic mass is 10.1. The van der Waals surface area contributed by atoms with Gasteiger partial charge in [-0.1, -0.05) is 0 Å². The summed E-state index contributed by atoms with van der Waals surface area (Å²) in [5.41, 5.74) is 5.23. The highest BCUT2D eigenvalue weighted by Gasteiger charge is 2.45. The summed E-state index contributed by atoms with van der Waals surface area (Å²) in [7, 11) is 0. The number of nitrogens with two attached hydrogens (primary N) is 1. The van der Waals surface area contributed by atoms with E-state index in [0.717, 1.165) is 4.57 Å². The van der Waals surface area contributed by atoms with Gasteiger partial charge in [0.1, 0.15) is 18.0 Å². The molecule has 1 aliphatic rings. The van der Waals surface area contributed by atoms with E-state index in [1.165, 1.54) is 6.20 Å². The van der Waals surface area contributed by atoms with Gasteiger partial charge >= 0.3 is 5.69 Å². The smallest absolute Gasteiger partial charge is 0.351 e. The summed E-state index contributed by atoms with van der Waals surface area (Å²) in [5.74, 6) is 0.0687. The Kier molecular flexibility index (Phi) is 3.33. The molecule has 0 aliphatic carbocycles. The zero-order valence-corrected chi connectivity index (χ0v) is 9.65. The van der Waals surface area contributed by atoms with Crippen LogP contribution in [0, 0.1) is 6.92 Å². The Morgan fingerprint density at radius 2 is 2.33 bits per heavy atom. The number of hydrogen-bond acceptors (Lipinski definition) is 6. The highest BCUT2D eigenvalue weighted by atomic mass is 19.1. The van der Waals surface area contributed by atoms with E-state index in [4.69, 9.17) is 15.6 Å². The van der Waals surface area contributed by atoms with Crippen LogP contribution < -0.4 is 11.4 Å². The lowest BCUT2D eigenvalue weighted by Crippen LogP contribution is -2.34. The first-order chi connectivity index (χ1) is 8.45. The molecule has 8 heteroatoms. The number of alkyl halides is 1. The third-order valence-corrected chi connectivity index (χ3v) is 2.92. The van der Waals surface area contributed by atoms with E-state index < -0.39 is 36.9 Å². The minimum absolute atomic E-state index is 0.0687. The fourth-order valence-corrected chi connectivity index (χ4v) is 1.85. The number of hydrogen-bond donors (Lipinski definition) is 3. The van der Waals surface area contributed by atoms with E-state index in [2.05, 4.69) is 4.98 Å². The summed E-state index contributed by atoms with van der Waals surface area (Å²) in [5, 5.41) is 18.6. The molecule has 1 unspecified atom stereocenters. The molecule has 4 atom stereocenters. The van der Waals surface area contributed by atoms with Crippen LogP contribution in [0.1, 0.15) is 11.8 Å². The summed E-state index contributed by atoms with van der Waals surface area (Å²) in [6.45, 7) is 1.04. The highest BCUT2D eigenvalue weighted by molar-refractivity contribution is 5.35. The van der Waals surface area contributed by atoms with Crippen LogP contribution in [0.5, 0.6) is 0 Å². The minimum Gasteiger partial charge on any atom is -0.394 e. The number of aromatic nitrogens is 2. The highest BCUT2D eigenvalue weighted by Crippen LogP contribution is 2.30. The predicted octanol–water partition coefficient (Wildman–Crippen LogP) is -1.28. The Balaban J connectivity index is 2.39. The summed E-state index contributed by atoms with van der Waals surface area (Å²) < 4.78 is 19.6. The van der Waals surface area contributed by atoms with Gasteiger partial charge in [-0.3, -0.25) is 4.57 Å². The van der Waals surface area contributed by atoms with Crippen molar-refractivity contribution >= 4 is 5.82 Å². The van der Waals surface area contributed by atoms with Gasteiger partial charge in [0, 0.05) is 11.8 Å². The SMILES string of the molecule is Cc1cn([C@@H]2O[C@H](CO)[C@@H](F)C2O)c(=O)nc1N. The van der Waals surface area contributed by atoms with Crippen LogP contribution in [-0.4, -0.2) is 44.8 Å². The monoisotopic (exact) mass is 259 g/mol. The molecule has 0 bridgehead atoms. The zero-order valence-electron chi connectivity index (χ0n) is 9.65. The first kappa shape index (κ1) is 12.9. The molecular weight excluding hydrogens is 245 g/mol. The maximum atomic E-state index is 13.5. The molecule has 100 valence electrons. The van der Waals surface area contributed by atoms with Crippen molar-refractivity contribution in [3.63, 3.8) is 0 Å². The predicted molar refractivity (Wildman–Crippen MR) is 59.5 cm³/mol. The second-order valence-corrected chi connectivity index (χ2v) is 4.18. The number of anilines is 1. The molecule has 1 aromatic rings. The Morgan fingerprint density at radius 1 is 1.67 bits per heavy atom. The van der Waals surface area contributed by atoms with Crippen LogP contribution in [0.2, 0.25) is 0 Å². The Labute approximate surface area is 102 Å². The quantitative estimate of drug-likeness (QED) is 0.610. The van der Waals surface area contributed by atoms with Crippen molar-refractivity contribution in [2.24, 2.45) is 0 Å². The largest absolute Gasteiger partial charge is 0.394 e. The van der Waals surface area contributed by atoms with Gasteiger partial charge in [-0.05, 0) is 6.92 Å². The standard InChI is InChI=1S/C10H14FN3O4/c1-4-2-14(10(17)13-8(4)12)9-7(16)6(11)5(3-15)18-9/h2,5-7,9,15-16H,3H2,1H3,(H2,12,13,17)/t5-,6-,7?,9-/m1/s1. The Hall–Kier alpha value is -1.51. The van der Waals surface area contributed by atoms with E-state index in [1.807, 2.05) is 0 Å². The molecule has 1 fully saturated rings. The zero-order chi connectivity index (χ0) is 13.4. The molecule has 4 N–H and O–H groups in total. The fraction of sp³-hybridized carbons (Fsp3) is 0.600. The van der Waals surface area contributed by atoms with Gasteiger partial charge in [-0.2, -0.15) is 4.98 Å². The van der Waals surface area contributed by atoms with Crippen molar-refractivity contribution in [2.75, 3.05) is 12.3 Å². The van der Waals surface area contributed by atoms with Crippen LogP contribution in [0.15, 0.2) is 11.0 Å². The average molecular weight is 259 g/mol. The molecule has 1 aromatic heterocycles. The summed E-state index contributed by atoms with van der Waals surface area (Å²) in [6, 6.07) is 0. The number of aliphatic hydroxyl groups excluding tert-OH is 2. The second-order valence-electron chi connectivity index (χ2n) is 4.18. The first-order valence-electron chi connectivity index (χ1n) is 5.39. The summed E-state index contributed by atoms with van der Waals surface area (Å²) in [4.78, 5) is 15.2. The lowest BCUT2D eigenvalue weighted by Gasteiger charge is -2.17. The van der Waals surface area contributed by atoms with Gasteiger partial charge in [0.15, 0.2) is 12.4 Å². The van der Waals surface area contributed by atoms with E-state index in [1.54, 1.807) is 6.92 Å². The molecule has 0 saturated carbocycles. The number of ether oxygens (including phenoxy) is 1. The number of aryl methyl sites for hydroxylation is 1.